The van der Waals surface area contributed by atoms with Crippen molar-refractivity contribution in [1.29, 1.82) is 0 Å². The Labute approximate surface area is 118 Å². The number of aromatic nitrogens is 2. The number of nitrogens with one attached hydrogen (secondary N) is 1. The monoisotopic (exact) mass is 291 g/mol. The van der Waals surface area contributed by atoms with Gasteiger partial charge in [0, 0.05) is 13.1 Å². The van der Waals surface area contributed by atoms with Gasteiger partial charge in [-0.25, -0.2) is 4.98 Å². The van der Waals surface area contributed by atoms with Gasteiger partial charge in [0.25, 0.3) is 11.5 Å². The molecule has 1 aliphatic rings. The van der Waals surface area contributed by atoms with Crippen LogP contribution in [0.5, 0.6) is 0 Å². The highest BCUT2D eigenvalue weighted by Gasteiger charge is 2.34. The van der Waals surface area contributed by atoms with Gasteiger partial charge in [-0.05, 0) is 13.3 Å². The van der Waals surface area contributed by atoms with E-state index in [4.69, 9.17) is 9.52 Å². The van der Waals surface area contributed by atoms with Gasteiger partial charge in [-0.15, -0.1) is 0 Å². The second-order valence-corrected chi connectivity index (χ2v) is 5.02. The summed E-state index contributed by atoms with van der Waals surface area (Å²) in [6.07, 6.45) is 1.61. The van der Waals surface area contributed by atoms with Gasteiger partial charge in [0.1, 0.15) is 11.1 Å². The van der Waals surface area contributed by atoms with E-state index in [1.54, 1.807) is 6.92 Å². The van der Waals surface area contributed by atoms with Gasteiger partial charge in [-0.2, -0.15) is 0 Å². The molecule has 0 bridgehead atoms. The molecule has 0 radical (unpaired) electrons. The van der Waals surface area contributed by atoms with Crippen LogP contribution < -0.4 is 5.56 Å². The van der Waals surface area contributed by atoms with E-state index in [1.807, 2.05) is 0 Å². The molecule has 0 aromatic carbocycles. The average Bonchev–Trinajstić information content (AvgIpc) is 3.02. The summed E-state index contributed by atoms with van der Waals surface area (Å²) in [5.74, 6) is -1.58. The van der Waals surface area contributed by atoms with Gasteiger partial charge < -0.3 is 19.4 Å². The predicted octanol–water partition coefficient (Wildman–Crippen LogP) is 0.371. The van der Waals surface area contributed by atoms with Crippen molar-refractivity contribution in [2.75, 3.05) is 13.1 Å². The number of rotatable bonds is 2. The fraction of sp³-hybridized carbons (Fsp3) is 0.385. The van der Waals surface area contributed by atoms with E-state index in [9.17, 15) is 14.4 Å². The normalized spacial score (nSPS) is 18.3. The van der Waals surface area contributed by atoms with Crippen LogP contribution in [0.3, 0.4) is 0 Å². The number of aliphatic carboxylic acids is 1. The van der Waals surface area contributed by atoms with E-state index < -0.39 is 23.4 Å². The van der Waals surface area contributed by atoms with Crippen LogP contribution in [0.2, 0.25) is 0 Å². The number of H-pyrrole nitrogens is 1. The lowest BCUT2D eigenvalue weighted by atomic mass is 10.1. The molecule has 1 unspecified atom stereocenters. The number of amides is 1. The van der Waals surface area contributed by atoms with E-state index in [-0.39, 0.29) is 23.2 Å². The summed E-state index contributed by atoms with van der Waals surface area (Å²) in [4.78, 5) is 43.1. The van der Waals surface area contributed by atoms with Crippen LogP contribution >= 0.6 is 0 Å². The first-order chi connectivity index (χ1) is 9.99. The van der Waals surface area contributed by atoms with Crippen LogP contribution in [0.25, 0.3) is 11.1 Å². The third-order valence-corrected chi connectivity index (χ3v) is 3.71. The van der Waals surface area contributed by atoms with Crippen molar-refractivity contribution in [1.82, 2.24) is 14.9 Å². The Hall–Kier alpha value is -2.64. The van der Waals surface area contributed by atoms with Crippen molar-refractivity contribution < 1.29 is 19.1 Å². The second-order valence-electron chi connectivity index (χ2n) is 5.02. The highest BCUT2D eigenvalue weighted by molar-refractivity contribution is 6.06. The van der Waals surface area contributed by atoms with Crippen molar-refractivity contribution in [2.45, 2.75) is 13.3 Å². The van der Waals surface area contributed by atoms with Gasteiger partial charge in [-0.3, -0.25) is 14.4 Å². The molecular formula is C13H13N3O5. The maximum absolute atomic E-state index is 12.6. The summed E-state index contributed by atoms with van der Waals surface area (Å²) in [6.45, 7) is 2.07. The van der Waals surface area contributed by atoms with Crippen molar-refractivity contribution in [3.8, 4) is 0 Å². The number of carbonyl (C=O) groups is 2. The molecule has 1 aliphatic heterocycles. The Morgan fingerprint density at radius 3 is 2.95 bits per heavy atom. The van der Waals surface area contributed by atoms with Gasteiger partial charge in [0.2, 0.25) is 5.71 Å². The molecule has 3 heterocycles. The molecule has 21 heavy (non-hydrogen) atoms. The Morgan fingerprint density at radius 1 is 1.52 bits per heavy atom. The first-order valence-corrected chi connectivity index (χ1v) is 6.48. The molecule has 0 saturated carbocycles. The van der Waals surface area contributed by atoms with Crippen molar-refractivity contribution in [3.63, 3.8) is 0 Å². The molecule has 1 fully saturated rings. The van der Waals surface area contributed by atoms with Crippen LogP contribution in [-0.2, 0) is 4.79 Å². The van der Waals surface area contributed by atoms with Crippen molar-refractivity contribution in [3.05, 3.63) is 28.0 Å². The third-order valence-electron chi connectivity index (χ3n) is 3.71. The predicted molar refractivity (Wildman–Crippen MR) is 71.0 cm³/mol. The van der Waals surface area contributed by atoms with Gasteiger partial charge in [0.05, 0.1) is 17.8 Å². The molecule has 2 N–H and O–H groups in total. The molecule has 8 heteroatoms. The Morgan fingerprint density at radius 2 is 2.29 bits per heavy atom. The van der Waals surface area contributed by atoms with E-state index in [2.05, 4.69) is 9.97 Å². The fourth-order valence-corrected chi connectivity index (χ4v) is 2.62. The third kappa shape index (κ3) is 2.08. The Balaban J connectivity index is 2.01. The molecule has 0 spiro atoms. The molecule has 1 amide bonds. The Bertz CT molecular complexity index is 791. The highest BCUT2D eigenvalue weighted by Crippen LogP contribution is 2.25. The first-order valence-electron chi connectivity index (χ1n) is 6.48. The summed E-state index contributed by atoms with van der Waals surface area (Å²) >= 11 is 0. The quantitative estimate of drug-likeness (QED) is 0.825. The molecule has 0 aliphatic carbocycles. The summed E-state index contributed by atoms with van der Waals surface area (Å²) in [6, 6.07) is 0. The molecule has 110 valence electrons. The summed E-state index contributed by atoms with van der Waals surface area (Å²) < 4.78 is 5.34. The zero-order valence-electron chi connectivity index (χ0n) is 11.3. The number of hydrogen-bond donors (Lipinski definition) is 2. The largest absolute Gasteiger partial charge is 0.481 e. The van der Waals surface area contributed by atoms with E-state index >= 15 is 0 Å². The topological polar surface area (TPSA) is 117 Å². The standard InChI is InChI=1S/C13H13N3O5/c1-6-8(9-10(17)14-5-15-11(9)21-6)12(18)16-3-2-7(4-16)13(19)20/h5,7H,2-4H2,1H3,(H,19,20)(H,14,15,17). The number of furan rings is 1. The molecule has 3 rings (SSSR count). The number of nitrogens with zero attached hydrogens (tertiary/aromatic N) is 2. The van der Waals surface area contributed by atoms with Crippen LogP contribution in [0.1, 0.15) is 22.5 Å². The number of aromatic amines is 1. The summed E-state index contributed by atoms with van der Waals surface area (Å²) in [5.41, 5.74) is -0.187. The average molecular weight is 291 g/mol. The first kappa shape index (κ1) is 13.3. The number of hydrogen-bond acceptors (Lipinski definition) is 5. The zero-order chi connectivity index (χ0) is 15.1. The summed E-state index contributed by atoms with van der Waals surface area (Å²) in [7, 11) is 0. The van der Waals surface area contributed by atoms with Crippen molar-refractivity contribution >= 4 is 23.0 Å². The maximum Gasteiger partial charge on any atom is 0.308 e. The fourth-order valence-electron chi connectivity index (χ4n) is 2.62. The van der Waals surface area contributed by atoms with Crippen molar-refractivity contribution in [2.24, 2.45) is 5.92 Å². The number of carboxylic acids is 1. The minimum atomic E-state index is -0.918. The van der Waals surface area contributed by atoms with Gasteiger partial charge >= 0.3 is 5.97 Å². The van der Waals surface area contributed by atoms with Crippen LogP contribution in [0.4, 0.5) is 0 Å². The van der Waals surface area contributed by atoms with E-state index in [1.165, 1.54) is 11.2 Å². The molecular weight excluding hydrogens is 278 g/mol. The molecule has 8 nitrogen and oxygen atoms in total. The minimum Gasteiger partial charge on any atom is -0.481 e. The SMILES string of the molecule is Cc1oc2nc[nH]c(=O)c2c1C(=O)N1CCC(C(=O)O)C1. The maximum atomic E-state index is 12.6. The van der Waals surface area contributed by atoms with E-state index in [0.29, 0.717) is 18.7 Å². The Kier molecular flexibility index (Phi) is 3.00. The van der Waals surface area contributed by atoms with Gasteiger partial charge in [0.15, 0.2) is 0 Å². The molecule has 2 aromatic heterocycles. The lowest BCUT2D eigenvalue weighted by Gasteiger charge is -2.15. The molecule has 2 aromatic rings. The molecule has 1 saturated heterocycles. The van der Waals surface area contributed by atoms with Crippen LogP contribution in [0.15, 0.2) is 15.5 Å². The number of carboxylic acid groups (broad SMARTS) is 1. The number of carbonyl (C=O) groups excluding carboxylic acids is 1. The highest BCUT2D eigenvalue weighted by atomic mass is 16.4. The van der Waals surface area contributed by atoms with E-state index in [0.717, 1.165) is 0 Å². The zero-order valence-corrected chi connectivity index (χ0v) is 11.3. The second kappa shape index (κ2) is 4.72. The number of likely N-dealkylation sites (tertiary alicyclic amines) is 1. The summed E-state index contributed by atoms with van der Waals surface area (Å²) in [5, 5.41) is 9.10. The molecule has 1 atom stereocenters. The lowest BCUT2D eigenvalue weighted by Crippen LogP contribution is -2.30. The lowest BCUT2D eigenvalue weighted by molar-refractivity contribution is -0.141. The smallest absolute Gasteiger partial charge is 0.308 e. The van der Waals surface area contributed by atoms with Crippen LogP contribution in [0, 0.1) is 12.8 Å². The number of fused-ring (bicyclic) bond motifs is 1. The number of aryl methyl sites for hydroxylation is 1. The minimum absolute atomic E-state index is 0.105. The van der Waals surface area contributed by atoms with Crippen LogP contribution in [-0.4, -0.2) is 44.9 Å². The van der Waals surface area contributed by atoms with Gasteiger partial charge in [-0.1, -0.05) is 0 Å².